The normalized spacial score (nSPS) is 16.2. The summed E-state index contributed by atoms with van der Waals surface area (Å²) in [5, 5.41) is 11.1. The average Bonchev–Trinajstić information content (AvgIpc) is 2.96. The van der Waals surface area contributed by atoms with E-state index < -0.39 is 0 Å². The molecule has 0 saturated heterocycles. The summed E-state index contributed by atoms with van der Waals surface area (Å²) in [5.41, 5.74) is 1.50. The first-order chi connectivity index (χ1) is 10.7. The third-order valence-corrected chi connectivity index (χ3v) is 6.56. The zero-order valence-corrected chi connectivity index (χ0v) is 15.6. The minimum atomic E-state index is -0.132. The van der Waals surface area contributed by atoms with Crippen LogP contribution in [0.3, 0.4) is 0 Å². The van der Waals surface area contributed by atoms with Crippen molar-refractivity contribution in [2.75, 3.05) is 12.3 Å². The summed E-state index contributed by atoms with van der Waals surface area (Å²) in [6.45, 7) is 4.76. The van der Waals surface area contributed by atoms with Crippen LogP contribution in [0.15, 0.2) is 20.3 Å². The summed E-state index contributed by atoms with van der Waals surface area (Å²) in [5.74, 6) is 1.08. The Balaban J connectivity index is 1.70. The quantitative estimate of drug-likeness (QED) is 0.560. The predicted octanol–water partition coefficient (Wildman–Crippen LogP) is 4.14. The van der Waals surface area contributed by atoms with Crippen LogP contribution in [0, 0.1) is 0 Å². The van der Waals surface area contributed by atoms with Crippen LogP contribution in [0.2, 0.25) is 0 Å². The van der Waals surface area contributed by atoms with Crippen molar-refractivity contribution in [1.29, 1.82) is 0 Å². The van der Waals surface area contributed by atoms with Gasteiger partial charge in [0.05, 0.1) is 5.25 Å². The third kappa shape index (κ3) is 5.93. The minimum Gasteiger partial charge on any atom is -0.355 e. The number of allylic oxidation sites excluding steroid dienone is 1. The van der Waals surface area contributed by atoms with Gasteiger partial charge in [-0.3, -0.25) is 4.79 Å². The van der Waals surface area contributed by atoms with Gasteiger partial charge >= 0.3 is 0 Å². The maximum absolute atomic E-state index is 12.1. The SMILES string of the molecule is CCSc1nnc(S[C@@H](C)C(=O)NCCC2=CCCCC2)s1. The van der Waals surface area contributed by atoms with E-state index in [1.54, 1.807) is 23.1 Å². The third-order valence-electron chi connectivity index (χ3n) is 3.43. The Kier molecular flexibility index (Phi) is 7.75. The Morgan fingerprint density at radius 3 is 2.95 bits per heavy atom. The summed E-state index contributed by atoms with van der Waals surface area (Å²) in [4.78, 5) is 12.1. The molecule has 0 aliphatic heterocycles. The Morgan fingerprint density at radius 2 is 2.23 bits per heavy atom. The van der Waals surface area contributed by atoms with E-state index >= 15 is 0 Å². The van der Waals surface area contributed by atoms with Gasteiger partial charge in [0.1, 0.15) is 0 Å². The summed E-state index contributed by atoms with van der Waals surface area (Å²) in [6, 6.07) is 0. The molecule has 1 aromatic rings. The number of thioether (sulfide) groups is 2. The summed E-state index contributed by atoms with van der Waals surface area (Å²) >= 11 is 4.74. The second-order valence-corrected chi connectivity index (χ2v) is 9.25. The Morgan fingerprint density at radius 1 is 1.41 bits per heavy atom. The van der Waals surface area contributed by atoms with E-state index in [0.717, 1.165) is 27.4 Å². The van der Waals surface area contributed by atoms with Gasteiger partial charge in [-0.05, 0) is 44.8 Å². The van der Waals surface area contributed by atoms with E-state index in [2.05, 4.69) is 28.5 Å². The molecule has 1 heterocycles. The van der Waals surface area contributed by atoms with E-state index in [1.807, 2.05) is 6.92 Å². The van der Waals surface area contributed by atoms with Crippen LogP contribution < -0.4 is 5.32 Å². The fraction of sp³-hybridized carbons (Fsp3) is 0.667. The van der Waals surface area contributed by atoms with Gasteiger partial charge < -0.3 is 5.32 Å². The molecular weight excluding hydrogens is 334 g/mol. The Hall–Kier alpha value is -0.530. The predicted molar refractivity (Wildman–Crippen MR) is 95.8 cm³/mol. The number of nitrogens with zero attached hydrogens (tertiary/aromatic N) is 2. The lowest BCUT2D eigenvalue weighted by Gasteiger charge is -2.14. The van der Waals surface area contributed by atoms with E-state index in [4.69, 9.17) is 0 Å². The molecule has 0 unspecified atom stereocenters. The molecule has 1 N–H and O–H groups in total. The highest BCUT2D eigenvalue weighted by Crippen LogP contribution is 2.31. The smallest absolute Gasteiger partial charge is 0.233 e. The van der Waals surface area contributed by atoms with Crippen LogP contribution in [-0.4, -0.2) is 33.7 Å². The first-order valence-electron chi connectivity index (χ1n) is 7.77. The fourth-order valence-corrected chi connectivity index (χ4v) is 5.34. The van der Waals surface area contributed by atoms with Gasteiger partial charge in [0, 0.05) is 6.54 Å². The van der Waals surface area contributed by atoms with Gasteiger partial charge in [-0.15, -0.1) is 10.2 Å². The van der Waals surface area contributed by atoms with Gasteiger partial charge in [-0.1, -0.05) is 53.4 Å². The number of amides is 1. The molecule has 1 aliphatic rings. The maximum Gasteiger partial charge on any atom is 0.233 e. The molecule has 0 fully saturated rings. The highest BCUT2D eigenvalue weighted by Gasteiger charge is 2.17. The number of rotatable bonds is 8. The number of aromatic nitrogens is 2. The number of hydrogen-bond donors (Lipinski definition) is 1. The first kappa shape index (κ1) is 17.8. The van der Waals surface area contributed by atoms with Crippen LogP contribution in [0.5, 0.6) is 0 Å². The lowest BCUT2D eigenvalue weighted by atomic mass is 9.97. The second kappa shape index (κ2) is 9.57. The van der Waals surface area contributed by atoms with Crippen molar-refractivity contribution in [1.82, 2.24) is 15.5 Å². The van der Waals surface area contributed by atoms with Crippen LogP contribution in [0.4, 0.5) is 0 Å². The van der Waals surface area contributed by atoms with Crippen LogP contribution in [-0.2, 0) is 4.79 Å². The largest absolute Gasteiger partial charge is 0.355 e. The van der Waals surface area contributed by atoms with E-state index in [-0.39, 0.29) is 11.2 Å². The molecule has 0 aromatic carbocycles. The molecule has 0 radical (unpaired) electrons. The number of carbonyl (C=O) groups excluding carboxylic acids is 1. The monoisotopic (exact) mass is 357 g/mol. The second-order valence-electron chi connectivity index (χ2n) is 5.18. The van der Waals surface area contributed by atoms with Crippen LogP contribution >= 0.6 is 34.9 Å². The molecule has 2 rings (SSSR count). The molecule has 1 amide bonds. The minimum absolute atomic E-state index is 0.0845. The fourth-order valence-electron chi connectivity index (χ4n) is 2.25. The van der Waals surface area contributed by atoms with Crippen molar-refractivity contribution in [3.63, 3.8) is 0 Å². The zero-order valence-electron chi connectivity index (χ0n) is 13.1. The van der Waals surface area contributed by atoms with Crippen LogP contribution in [0.25, 0.3) is 0 Å². The van der Waals surface area contributed by atoms with Gasteiger partial charge in [0.25, 0.3) is 0 Å². The molecule has 22 heavy (non-hydrogen) atoms. The highest BCUT2D eigenvalue weighted by molar-refractivity contribution is 8.03. The molecule has 1 atom stereocenters. The Labute approximate surface area is 144 Å². The molecule has 1 aliphatic carbocycles. The van der Waals surface area contributed by atoms with Gasteiger partial charge in [-0.2, -0.15) is 0 Å². The van der Waals surface area contributed by atoms with E-state index in [1.165, 1.54) is 43.0 Å². The maximum atomic E-state index is 12.1. The van der Waals surface area contributed by atoms with Crippen LogP contribution in [0.1, 0.15) is 46.0 Å². The number of nitrogens with one attached hydrogen (secondary N) is 1. The molecule has 0 spiro atoms. The highest BCUT2D eigenvalue weighted by atomic mass is 32.2. The molecule has 0 saturated carbocycles. The van der Waals surface area contributed by atoms with Gasteiger partial charge in [0.15, 0.2) is 8.68 Å². The van der Waals surface area contributed by atoms with E-state index in [0.29, 0.717) is 0 Å². The zero-order chi connectivity index (χ0) is 15.8. The average molecular weight is 358 g/mol. The van der Waals surface area contributed by atoms with Crippen molar-refractivity contribution in [3.8, 4) is 0 Å². The molecule has 7 heteroatoms. The summed E-state index contributed by atoms with van der Waals surface area (Å²) in [7, 11) is 0. The molecule has 0 bridgehead atoms. The molecule has 1 aromatic heterocycles. The van der Waals surface area contributed by atoms with Crippen molar-refractivity contribution in [3.05, 3.63) is 11.6 Å². The number of carbonyl (C=O) groups is 1. The standard InChI is InChI=1S/C15H23N3OS3/c1-3-20-14-17-18-15(22-14)21-11(2)13(19)16-10-9-12-7-5-4-6-8-12/h7,11H,3-6,8-10H2,1-2H3,(H,16,19)/t11-/m0/s1. The number of hydrogen-bond acceptors (Lipinski definition) is 6. The molecule has 122 valence electrons. The van der Waals surface area contributed by atoms with Crippen molar-refractivity contribution < 1.29 is 4.79 Å². The Bertz CT molecular complexity index is 516. The van der Waals surface area contributed by atoms with Gasteiger partial charge in [-0.25, -0.2) is 0 Å². The van der Waals surface area contributed by atoms with Crippen molar-refractivity contribution >= 4 is 40.8 Å². The lowest BCUT2D eigenvalue weighted by molar-refractivity contribution is -0.120. The lowest BCUT2D eigenvalue weighted by Crippen LogP contribution is -2.31. The molecular formula is C15H23N3OS3. The van der Waals surface area contributed by atoms with Gasteiger partial charge in [0.2, 0.25) is 5.91 Å². The first-order valence-corrected chi connectivity index (χ1v) is 10.5. The summed E-state index contributed by atoms with van der Waals surface area (Å²) in [6.07, 6.45) is 8.32. The molecule has 4 nitrogen and oxygen atoms in total. The van der Waals surface area contributed by atoms with Crippen molar-refractivity contribution in [2.24, 2.45) is 0 Å². The van der Waals surface area contributed by atoms with E-state index in [9.17, 15) is 4.79 Å². The van der Waals surface area contributed by atoms with Crippen molar-refractivity contribution in [2.45, 2.75) is 59.9 Å². The topological polar surface area (TPSA) is 54.9 Å². The summed E-state index contributed by atoms with van der Waals surface area (Å²) < 4.78 is 1.84.